The van der Waals surface area contributed by atoms with Gasteiger partial charge in [0.2, 0.25) is 0 Å². The minimum absolute atomic E-state index is 0.171. The number of nitrogens with one attached hydrogen (secondary N) is 1. The van der Waals surface area contributed by atoms with Crippen LogP contribution >= 0.6 is 11.6 Å². The quantitative estimate of drug-likeness (QED) is 0.534. The molecule has 1 N–H and O–H groups in total. The third-order valence-corrected chi connectivity index (χ3v) is 5.62. The zero-order chi connectivity index (χ0) is 22.8. The molecule has 1 heterocycles. The van der Waals surface area contributed by atoms with Gasteiger partial charge in [0.05, 0.1) is 25.5 Å². The molecule has 4 rings (SSSR count). The molecule has 1 aliphatic rings. The van der Waals surface area contributed by atoms with Gasteiger partial charge in [-0.05, 0) is 42.3 Å². The maximum absolute atomic E-state index is 13.5. The second-order valence-electron chi connectivity index (χ2n) is 7.19. The summed E-state index contributed by atoms with van der Waals surface area (Å²) in [4.78, 5) is 28.1. The first-order valence-electron chi connectivity index (χ1n) is 9.88. The molecule has 3 aromatic rings. The molecule has 162 valence electrons. The molecule has 0 aliphatic carbocycles. The van der Waals surface area contributed by atoms with Crippen molar-refractivity contribution in [2.75, 3.05) is 24.4 Å². The molecule has 3 aromatic carbocycles. The Labute approximate surface area is 191 Å². The van der Waals surface area contributed by atoms with Crippen molar-refractivity contribution in [3.63, 3.8) is 0 Å². The summed E-state index contributed by atoms with van der Waals surface area (Å²) in [6.07, 6.45) is 0. The largest absolute Gasteiger partial charge is 0.493 e. The van der Waals surface area contributed by atoms with Gasteiger partial charge in [-0.15, -0.1) is 0 Å². The van der Waals surface area contributed by atoms with Crippen molar-refractivity contribution in [2.24, 2.45) is 0 Å². The van der Waals surface area contributed by atoms with Crippen molar-refractivity contribution < 1.29 is 19.1 Å². The molecule has 0 atom stereocenters. The van der Waals surface area contributed by atoms with Crippen LogP contribution in [0.15, 0.2) is 72.4 Å². The summed E-state index contributed by atoms with van der Waals surface area (Å²) in [5.41, 5.74) is 2.93. The van der Waals surface area contributed by atoms with E-state index in [4.69, 9.17) is 21.1 Å². The smallest absolute Gasteiger partial charge is 0.282 e. The molecule has 0 saturated heterocycles. The third-order valence-electron chi connectivity index (χ3n) is 5.21. The van der Waals surface area contributed by atoms with Crippen LogP contribution in [0.3, 0.4) is 0 Å². The van der Waals surface area contributed by atoms with E-state index in [1.54, 1.807) is 55.6 Å². The van der Waals surface area contributed by atoms with Crippen LogP contribution < -0.4 is 19.7 Å². The summed E-state index contributed by atoms with van der Waals surface area (Å²) in [6.45, 7) is 1.86. The second-order valence-corrected chi connectivity index (χ2v) is 7.60. The molecule has 0 fully saturated rings. The van der Waals surface area contributed by atoms with Crippen molar-refractivity contribution in [3.8, 4) is 11.5 Å². The van der Waals surface area contributed by atoms with E-state index in [9.17, 15) is 9.59 Å². The van der Waals surface area contributed by atoms with Crippen molar-refractivity contribution in [1.82, 2.24) is 0 Å². The Morgan fingerprint density at radius 3 is 2.22 bits per heavy atom. The highest BCUT2D eigenvalue weighted by Crippen LogP contribution is 2.36. The second kappa shape index (κ2) is 8.77. The van der Waals surface area contributed by atoms with Crippen LogP contribution in [0.1, 0.15) is 11.1 Å². The van der Waals surface area contributed by atoms with Gasteiger partial charge in [-0.25, -0.2) is 4.90 Å². The molecule has 0 unspecified atom stereocenters. The highest BCUT2D eigenvalue weighted by molar-refractivity contribution is 6.46. The number of anilines is 2. The van der Waals surface area contributed by atoms with Crippen LogP contribution in [0.5, 0.6) is 11.5 Å². The normalized spacial score (nSPS) is 13.6. The number of aryl methyl sites for hydroxylation is 1. The van der Waals surface area contributed by atoms with E-state index in [0.29, 0.717) is 33.5 Å². The monoisotopic (exact) mass is 448 g/mol. The number of hydrogen-bond acceptors (Lipinski definition) is 5. The molecule has 2 amide bonds. The number of amides is 2. The van der Waals surface area contributed by atoms with Crippen molar-refractivity contribution in [3.05, 3.63) is 88.6 Å². The van der Waals surface area contributed by atoms with Crippen LogP contribution in [0.4, 0.5) is 11.4 Å². The maximum atomic E-state index is 13.5. The first kappa shape index (κ1) is 21.5. The fraction of sp³-hybridized carbons (Fsp3) is 0.120. The van der Waals surface area contributed by atoms with E-state index in [1.807, 2.05) is 25.1 Å². The van der Waals surface area contributed by atoms with Gasteiger partial charge in [-0.3, -0.25) is 9.59 Å². The number of imide groups is 1. The maximum Gasteiger partial charge on any atom is 0.282 e. The number of methoxy groups -OCH3 is 2. The highest BCUT2D eigenvalue weighted by Gasteiger charge is 2.40. The van der Waals surface area contributed by atoms with Crippen LogP contribution in [0.2, 0.25) is 5.02 Å². The third kappa shape index (κ3) is 3.81. The summed E-state index contributed by atoms with van der Waals surface area (Å²) in [6, 6.07) is 19.4. The Kier molecular flexibility index (Phi) is 5.88. The summed E-state index contributed by atoms with van der Waals surface area (Å²) in [5, 5.41) is 3.60. The lowest BCUT2D eigenvalue weighted by molar-refractivity contribution is -0.120. The average Bonchev–Trinajstić information content (AvgIpc) is 3.05. The Bertz CT molecular complexity index is 1240. The van der Waals surface area contributed by atoms with Crippen LogP contribution in [0, 0.1) is 6.92 Å². The van der Waals surface area contributed by atoms with Gasteiger partial charge in [-0.2, -0.15) is 0 Å². The zero-order valence-corrected chi connectivity index (χ0v) is 18.6. The molecule has 1 aliphatic heterocycles. The lowest BCUT2D eigenvalue weighted by atomic mass is 10.0. The molecule has 32 heavy (non-hydrogen) atoms. The highest BCUT2D eigenvalue weighted by atomic mass is 35.5. The number of nitrogens with zero attached hydrogens (tertiary/aromatic N) is 1. The van der Waals surface area contributed by atoms with Crippen LogP contribution in [-0.2, 0) is 9.59 Å². The number of carbonyl (C=O) groups excluding carboxylic acids is 2. The number of carbonyl (C=O) groups is 2. The molecule has 6 nitrogen and oxygen atoms in total. The van der Waals surface area contributed by atoms with E-state index < -0.39 is 11.8 Å². The Balaban J connectivity index is 1.80. The Morgan fingerprint density at radius 1 is 0.844 bits per heavy atom. The van der Waals surface area contributed by atoms with E-state index in [1.165, 1.54) is 7.11 Å². The van der Waals surface area contributed by atoms with Gasteiger partial charge in [0.1, 0.15) is 5.70 Å². The zero-order valence-electron chi connectivity index (χ0n) is 17.8. The fourth-order valence-electron chi connectivity index (χ4n) is 3.53. The fourth-order valence-corrected chi connectivity index (χ4v) is 3.71. The topological polar surface area (TPSA) is 67.9 Å². The van der Waals surface area contributed by atoms with E-state index >= 15 is 0 Å². The molecular weight excluding hydrogens is 428 g/mol. The van der Waals surface area contributed by atoms with Gasteiger partial charge in [0, 0.05) is 16.8 Å². The van der Waals surface area contributed by atoms with Crippen LogP contribution in [-0.4, -0.2) is 26.0 Å². The van der Waals surface area contributed by atoms with E-state index in [2.05, 4.69) is 5.32 Å². The summed E-state index contributed by atoms with van der Waals surface area (Å²) in [5.74, 6) is 0.158. The van der Waals surface area contributed by atoms with Crippen molar-refractivity contribution in [1.29, 1.82) is 0 Å². The standard InChI is InChI=1S/C25H21ClN2O4/c1-15-9-11-18(14-19(15)26)28-24(29)22(16-7-5-4-6-8-16)23(25(28)30)27-17-10-12-20(31-2)21(13-17)32-3/h4-14,27H,1-3H3. The molecule has 7 heteroatoms. The molecule has 0 spiro atoms. The molecule has 0 radical (unpaired) electrons. The van der Waals surface area contributed by atoms with Gasteiger partial charge in [-0.1, -0.05) is 48.0 Å². The molecule has 0 aromatic heterocycles. The van der Waals surface area contributed by atoms with E-state index in [-0.39, 0.29) is 11.3 Å². The van der Waals surface area contributed by atoms with Crippen molar-refractivity contribution in [2.45, 2.75) is 6.92 Å². The first-order chi connectivity index (χ1) is 15.4. The number of hydrogen-bond donors (Lipinski definition) is 1. The van der Waals surface area contributed by atoms with Gasteiger partial charge in [0.15, 0.2) is 11.5 Å². The molecule has 0 saturated carbocycles. The predicted molar refractivity (Wildman–Crippen MR) is 125 cm³/mol. The molecular formula is C25H21ClN2O4. The number of halogens is 1. The lowest BCUT2D eigenvalue weighted by Gasteiger charge is -2.16. The van der Waals surface area contributed by atoms with Crippen molar-refractivity contribution >= 4 is 40.4 Å². The molecule has 0 bridgehead atoms. The average molecular weight is 449 g/mol. The SMILES string of the molecule is COc1ccc(NC2=C(c3ccccc3)C(=O)N(c3ccc(C)c(Cl)c3)C2=O)cc1OC. The predicted octanol–water partition coefficient (Wildman–Crippen LogP) is 5.06. The summed E-state index contributed by atoms with van der Waals surface area (Å²) in [7, 11) is 3.08. The number of ether oxygens (including phenoxy) is 2. The minimum Gasteiger partial charge on any atom is -0.493 e. The van der Waals surface area contributed by atoms with Gasteiger partial charge >= 0.3 is 0 Å². The first-order valence-corrected chi connectivity index (χ1v) is 10.3. The Morgan fingerprint density at radius 2 is 1.56 bits per heavy atom. The minimum atomic E-state index is -0.469. The van der Waals surface area contributed by atoms with Crippen LogP contribution in [0.25, 0.3) is 5.57 Å². The van der Waals surface area contributed by atoms with Gasteiger partial charge in [0.25, 0.3) is 11.8 Å². The Hall–Kier alpha value is -3.77. The van der Waals surface area contributed by atoms with E-state index in [0.717, 1.165) is 10.5 Å². The number of rotatable bonds is 6. The summed E-state index contributed by atoms with van der Waals surface area (Å²) < 4.78 is 10.6. The van der Waals surface area contributed by atoms with Gasteiger partial charge < -0.3 is 14.8 Å². The summed E-state index contributed by atoms with van der Waals surface area (Å²) >= 11 is 6.26. The lowest BCUT2D eigenvalue weighted by Crippen LogP contribution is -2.32. The number of benzene rings is 3.